The molecule has 3 fully saturated rings. The molecule has 0 aromatic heterocycles. The smallest absolute Gasteiger partial charge is 0.338 e. The Kier molecular flexibility index (Phi) is 5.48. The zero-order valence-electron chi connectivity index (χ0n) is 19.2. The Hall–Kier alpha value is -3.73. The molecule has 2 bridgehead atoms. The molecule has 6 rings (SSSR count). The van der Waals surface area contributed by atoms with E-state index in [0.29, 0.717) is 17.5 Å². The Morgan fingerprint density at radius 1 is 0.629 bits per heavy atom. The molecule has 176 valence electrons. The Morgan fingerprint density at radius 2 is 1.11 bits per heavy atom. The minimum atomic E-state index is -0.686. The molecule has 7 atom stereocenters. The van der Waals surface area contributed by atoms with E-state index in [-0.39, 0.29) is 35.4 Å². The molecule has 3 aliphatic rings. The van der Waals surface area contributed by atoms with Crippen molar-refractivity contribution in [2.75, 3.05) is 0 Å². The number of hydrogen-bond acceptors (Lipinski definition) is 5. The summed E-state index contributed by atoms with van der Waals surface area (Å²) in [5.74, 6) is -1.03. The first-order valence-electron chi connectivity index (χ1n) is 12.2. The Morgan fingerprint density at radius 3 is 1.66 bits per heavy atom. The third-order valence-corrected chi connectivity index (χ3v) is 8.07. The summed E-state index contributed by atoms with van der Waals surface area (Å²) in [6.07, 6.45) is 0.0153. The van der Waals surface area contributed by atoms with Gasteiger partial charge in [-0.1, -0.05) is 66.7 Å². The highest BCUT2D eigenvalue weighted by molar-refractivity contribution is 5.91. The lowest BCUT2D eigenvalue weighted by Gasteiger charge is -2.36. The van der Waals surface area contributed by atoms with Crippen molar-refractivity contribution in [1.29, 1.82) is 0 Å². The number of benzene rings is 3. The van der Waals surface area contributed by atoms with Gasteiger partial charge in [-0.2, -0.15) is 0 Å². The van der Waals surface area contributed by atoms with Crippen molar-refractivity contribution in [3.05, 3.63) is 108 Å². The first-order valence-corrected chi connectivity index (χ1v) is 12.2. The molecule has 0 radical (unpaired) electrons. The van der Waals surface area contributed by atoms with Gasteiger partial charge < -0.3 is 9.47 Å². The van der Waals surface area contributed by atoms with Gasteiger partial charge in [0.2, 0.25) is 0 Å². The van der Waals surface area contributed by atoms with Crippen LogP contribution in [0.5, 0.6) is 0 Å². The lowest BCUT2D eigenvalue weighted by Crippen LogP contribution is -2.46. The van der Waals surface area contributed by atoms with Crippen molar-refractivity contribution in [2.24, 2.45) is 23.7 Å². The summed E-state index contributed by atoms with van der Waals surface area (Å²) in [7, 11) is 0. The number of hydrogen-bond donors (Lipinski definition) is 0. The second-order valence-electron chi connectivity index (χ2n) is 9.76. The van der Waals surface area contributed by atoms with Gasteiger partial charge in [0, 0.05) is 24.2 Å². The molecule has 3 aromatic carbocycles. The van der Waals surface area contributed by atoms with E-state index >= 15 is 0 Å². The summed E-state index contributed by atoms with van der Waals surface area (Å²) in [5, 5.41) is 0. The van der Waals surface area contributed by atoms with Crippen molar-refractivity contribution in [3.63, 3.8) is 0 Å². The number of carbonyl (C=O) groups excluding carboxylic acids is 3. The lowest BCUT2D eigenvalue weighted by molar-refractivity contribution is -0.127. The fourth-order valence-electron chi connectivity index (χ4n) is 6.81. The minimum absolute atomic E-state index is 0.0161. The van der Waals surface area contributed by atoms with Crippen LogP contribution in [0, 0.1) is 23.7 Å². The number of fused-ring (bicyclic) bond motifs is 5. The number of carbonyl (C=O) groups is 3. The van der Waals surface area contributed by atoms with E-state index in [1.807, 2.05) is 30.3 Å². The summed E-state index contributed by atoms with van der Waals surface area (Å²) in [6, 6.07) is 27.8. The van der Waals surface area contributed by atoms with E-state index in [2.05, 4.69) is 12.1 Å². The van der Waals surface area contributed by atoms with E-state index in [0.717, 1.165) is 12.0 Å². The molecular formula is C30H26O5. The lowest BCUT2D eigenvalue weighted by atomic mass is 9.78. The number of ether oxygens (including phenoxy) is 2. The molecule has 0 aliphatic heterocycles. The number of rotatable bonds is 5. The van der Waals surface area contributed by atoms with E-state index in [1.54, 1.807) is 48.5 Å². The van der Waals surface area contributed by atoms with E-state index in [1.165, 1.54) is 0 Å². The van der Waals surface area contributed by atoms with Crippen LogP contribution in [0.2, 0.25) is 0 Å². The van der Waals surface area contributed by atoms with Crippen LogP contribution in [0.15, 0.2) is 91.0 Å². The third kappa shape index (κ3) is 3.66. The quantitative estimate of drug-likeness (QED) is 0.491. The average Bonchev–Trinajstić information content (AvgIpc) is 3.54. The highest BCUT2D eigenvalue weighted by atomic mass is 16.6. The Bertz CT molecular complexity index is 1240. The predicted molar refractivity (Wildman–Crippen MR) is 129 cm³/mol. The summed E-state index contributed by atoms with van der Waals surface area (Å²) < 4.78 is 12.3. The van der Waals surface area contributed by atoms with Gasteiger partial charge in [0.1, 0.15) is 18.0 Å². The van der Waals surface area contributed by atoms with Gasteiger partial charge >= 0.3 is 11.9 Å². The van der Waals surface area contributed by atoms with Crippen LogP contribution >= 0.6 is 0 Å². The van der Waals surface area contributed by atoms with Crippen LogP contribution in [0.25, 0.3) is 0 Å². The largest absolute Gasteiger partial charge is 0.454 e. The summed E-state index contributed by atoms with van der Waals surface area (Å²) in [4.78, 5) is 39.3. The summed E-state index contributed by atoms with van der Waals surface area (Å²) in [6.45, 7) is 0. The Labute approximate surface area is 204 Å². The molecule has 0 amide bonds. The van der Waals surface area contributed by atoms with Gasteiger partial charge in [0.05, 0.1) is 11.1 Å². The second kappa shape index (κ2) is 8.81. The predicted octanol–water partition coefficient (Wildman–Crippen LogP) is 5.08. The maximum atomic E-state index is 13.1. The van der Waals surface area contributed by atoms with Crippen LogP contribution in [0.4, 0.5) is 0 Å². The first-order chi connectivity index (χ1) is 17.1. The standard InChI is InChI=1S/C30H26O5/c31-22-17-16-21-24(22)26-23(18-10-4-1-5-11-18)25(21)27(34-29(32)19-12-6-2-7-13-19)28(26)35-30(33)20-14-8-3-9-15-20/h1-15,21,23-28H,16-17H2. The van der Waals surface area contributed by atoms with Crippen LogP contribution < -0.4 is 0 Å². The zero-order chi connectivity index (χ0) is 23.9. The van der Waals surface area contributed by atoms with Crippen LogP contribution in [0.1, 0.15) is 45.0 Å². The molecule has 35 heavy (non-hydrogen) atoms. The topological polar surface area (TPSA) is 69.7 Å². The van der Waals surface area contributed by atoms with E-state index in [9.17, 15) is 14.4 Å². The molecule has 3 aromatic rings. The molecule has 3 saturated carbocycles. The van der Waals surface area contributed by atoms with Crippen LogP contribution in [-0.4, -0.2) is 29.9 Å². The highest BCUT2D eigenvalue weighted by Gasteiger charge is 2.69. The second-order valence-corrected chi connectivity index (χ2v) is 9.76. The Balaban J connectivity index is 1.40. The average molecular weight is 467 g/mol. The van der Waals surface area contributed by atoms with E-state index < -0.39 is 24.1 Å². The van der Waals surface area contributed by atoms with Crippen LogP contribution in [-0.2, 0) is 14.3 Å². The van der Waals surface area contributed by atoms with Gasteiger partial charge in [-0.25, -0.2) is 9.59 Å². The molecule has 7 unspecified atom stereocenters. The fraction of sp³-hybridized carbons (Fsp3) is 0.300. The molecule has 0 N–H and O–H groups in total. The van der Waals surface area contributed by atoms with Crippen molar-refractivity contribution in [3.8, 4) is 0 Å². The van der Waals surface area contributed by atoms with Gasteiger partial charge in [-0.15, -0.1) is 0 Å². The SMILES string of the molecule is O=C(OC1C(OC(=O)c2ccccc2)C2C3C(=O)CCC3C1C2c1ccccc1)c1ccccc1. The van der Waals surface area contributed by atoms with Crippen LogP contribution in [0.3, 0.4) is 0 Å². The van der Waals surface area contributed by atoms with E-state index in [4.69, 9.17) is 9.47 Å². The molecule has 0 heterocycles. The highest BCUT2D eigenvalue weighted by Crippen LogP contribution is 2.65. The zero-order valence-corrected chi connectivity index (χ0v) is 19.2. The van der Waals surface area contributed by atoms with Crippen molar-refractivity contribution >= 4 is 17.7 Å². The summed E-state index contributed by atoms with van der Waals surface area (Å²) >= 11 is 0. The molecule has 0 saturated heterocycles. The summed E-state index contributed by atoms with van der Waals surface area (Å²) in [5.41, 5.74) is 2.00. The maximum Gasteiger partial charge on any atom is 0.338 e. The van der Waals surface area contributed by atoms with Gasteiger partial charge in [-0.3, -0.25) is 4.79 Å². The first kappa shape index (κ1) is 21.8. The molecular weight excluding hydrogens is 440 g/mol. The molecule has 5 heteroatoms. The molecule has 0 spiro atoms. The maximum absolute atomic E-state index is 13.1. The van der Waals surface area contributed by atoms with Crippen molar-refractivity contribution < 1.29 is 23.9 Å². The fourth-order valence-corrected chi connectivity index (χ4v) is 6.81. The minimum Gasteiger partial charge on any atom is -0.454 e. The molecule has 5 nitrogen and oxygen atoms in total. The van der Waals surface area contributed by atoms with Gasteiger partial charge in [0.25, 0.3) is 0 Å². The third-order valence-electron chi connectivity index (χ3n) is 8.07. The van der Waals surface area contributed by atoms with Crippen molar-refractivity contribution in [2.45, 2.75) is 31.0 Å². The number of esters is 2. The number of ketones is 1. The number of Topliss-reactive ketones (excluding diaryl/α,β-unsaturated/α-hetero) is 1. The monoisotopic (exact) mass is 466 g/mol. The van der Waals surface area contributed by atoms with Crippen molar-refractivity contribution in [1.82, 2.24) is 0 Å². The molecule has 3 aliphatic carbocycles. The van der Waals surface area contributed by atoms with Gasteiger partial charge in [0.15, 0.2) is 0 Å². The normalized spacial score (nSPS) is 30.6. The van der Waals surface area contributed by atoms with Gasteiger partial charge in [-0.05, 0) is 48.1 Å².